The first-order chi connectivity index (χ1) is 31.0. The van der Waals surface area contributed by atoms with Gasteiger partial charge in [0.2, 0.25) is 29.4 Å². The molecule has 0 aliphatic heterocycles. The van der Waals surface area contributed by atoms with Crippen LogP contribution in [0.5, 0.6) is 0 Å². The molecular formula is C52H83N5O8. The monoisotopic (exact) mass is 906 g/mol. The lowest BCUT2D eigenvalue weighted by molar-refractivity contribution is -0.151. The minimum atomic E-state index is -1.26. The summed E-state index contributed by atoms with van der Waals surface area (Å²) in [6, 6.07) is 4.90. The van der Waals surface area contributed by atoms with Crippen molar-refractivity contribution in [3.63, 3.8) is 0 Å². The lowest BCUT2D eigenvalue weighted by atomic mass is 9.98. The molecular weight excluding hydrogens is 823 g/mol. The van der Waals surface area contributed by atoms with Gasteiger partial charge in [0, 0.05) is 6.42 Å². The Bertz CT molecular complexity index is 1680. The highest BCUT2D eigenvalue weighted by molar-refractivity contribution is 6.38. The second-order valence-electron chi connectivity index (χ2n) is 15.8. The molecule has 5 amide bonds. The number of nitrogens with one attached hydrogen (secondary N) is 5. The number of ether oxygens (including phenoxy) is 1. The smallest absolute Gasteiger partial charge is 0.333 e. The van der Waals surface area contributed by atoms with Gasteiger partial charge in [-0.2, -0.15) is 0 Å². The number of allylic oxidation sites excluding steroid dienone is 9. The Morgan fingerprint density at radius 3 is 1.75 bits per heavy atom. The van der Waals surface area contributed by atoms with Crippen molar-refractivity contribution in [3.8, 4) is 0 Å². The van der Waals surface area contributed by atoms with E-state index in [1.54, 1.807) is 51.1 Å². The Morgan fingerprint density at radius 2 is 1.26 bits per heavy atom. The van der Waals surface area contributed by atoms with Gasteiger partial charge in [-0.25, -0.2) is 4.79 Å². The fraction of sp³-hybridized carbons (Fsp3) is 0.558. The number of hydrogen-bond acceptors (Lipinski definition) is 8. The average Bonchev–Trinajstić information content (AvgIpc) is 3.30. The summed E-state index contributed by atoms with van der Waals surface area (Å²) in [4.78, 5) is 90.2. The summed E-state index contributed by atoms with van der Waals surface area (Å²) in [6.07, 6.45) is 23.5. The molecule has 0 bridgehead atoms. The molecule has 13 heteroatoms. The maximum atomic E-state index is 13.6. The highest BCUT2D eigenvalue weighted by Gasteiger charge is 2.31. The van der Waals surface area contributed by atoms with Crippen LogP contribution < -0.4 is 26.6 Å². The van der Waals surface area contributed by atoms with E-state index in [2.05, 4.69) is 33.2 Å². The molecule has 1 saturated carbocycles. The van der Waals surface area contributed by atoms with Crippen molar-refractivity contribution >= 4 is 41.3 Å². The lowest BCUT2D eigenvalue weighted by Gasteiger charge is -2.24. The number of hydrogen-bond donors (Lipinski definition) is 5. The first-order valence-corrected chi connectivity index (χ1v) is 23.5. The highest BCUT2D eigenvalue weighted by Crippen LogP contribution is 2.17. The van der Waals surface area contributed by atoms with Crippen LogP contribution in [0.25, 0.3) is 0 Å². The van der Waals surface area contributed by atoms with E-state index in [4.69, 9.17) is 4.74 Å². The second-order valence-corrected chi connectivity index (χ2v) is 15.8. The van der Waals surface area contributed by atoms with Crippen molar-refractivity contribution in [3.05, 3.63) is 96.2 Å². The average molecular weight is 906 g/mol. The first-order valence-electron chi connectivity index (χ1n) is 23.5. The topological polar surface area (TPSA) is 189 Å². The van der Waals surface area contributed by atoms with Gasteiger partial charge in [0.05, 0.1) is 25.2 Å². The molecule has 0 heterocycles. The van der Waals surface area contributed by atoms with Crippen LogP contribution >= 0.6 is 0 Å². The minimum Gasteiger partial charge on any atom is -0.461 e. The van der Waals surface area contributed by atoms with E-state index in [9.17, 15) is 33.6 Å². The van der Waals surface area contributed by atoms with E-state index in [1.165, 1.54) is 38.5 Å². The SMILES string of the molecule is C/C=C\C.C1CCCCC1.C=C(C)\C=C/C(=C\C)/C=C/C(C)CC(NC(=O)CNC(=O)CCC)C(=O)NC(CCC)C(=O)C(=O)NCC(=O)NC(C(=O)OC(C)C)c1ccccc1.CC. The van der Waals surface area contributed by atoms with Crippen LogP contribution in [0.1, 0.15) is 158 Å². The second kappa shape index (κ2) is 38.8. The molecule has 1 fully saturated rings. The number of carbonyl (C=O) groups is 7. The van der Waals surface area contributed by atoms with E-state index in [-0.39, 0.29) is 37.6 Å². The van der Waals surface area contributed by atoms with Gasteiger partial charge in [0.15, 0.2) is 6.04 Å². The summed E-state index contributed by atoms with van der Waals surface area (Å²) >= 11 is 0. The molecule has 364 valence electrons. The molecule has 0 saturated heterocycles. The van der Waals surface area contributed by atoms with Crippen molar-refractivity contribution in [2.75, 3.05) is 13.1 Å². The molecule has 1 aliphatic carbocycles. The molecule has 13 nitrogen and oxygen atoms in total. The van der Waals surface area contributed by atoms with Crippen molar-refractivity contribution in [1.29, 1.82) is 0 Å². The lowest BCUT2D eigenvalue weighted by Crippen LogP contribution is -2.55. The molecule has 4 atom stereocenters. The van der Waals surface area contributed by atoms with Crippen molar-refractivity contribution in [2.45, 2.75) is 171 Å². The predicted octanol–water partition coefficient (Wildman–Crippen LogP) is 8.78. The van der Waals surface area contributed by atoms with Gasteiger partial charge in [0.25, 0.3) is 5.91 Å². The Labute approximate surface area is 391 Å². The Kier molecular flexibility index (Phi) is 36.7. The van der Waals surface area contributed by atoms with E-state index >= 15 is 0 Å². The van der Waals surface area contributed by atoms with Crippen LogP contribution in [0.4, 0.5) is 0 Å². The Hall–Kier alpha value is -5.59. The molecule has 1 aromatic carbocycles. The van der Waals surface area contributed by atoms with Gasteiger partial charge in [-0.05, 0) is 77.9 Å². The zero-order valence-electron chi connectivity index (χ0n) is 41.5. The molecule has 0 spiro atoms. The zero-order valence-corrected chi connectivity index (χ0v) is 41.5. The molecule has 4 unspecified atom stereocenters. The van der Waals surface area contributed by atoms with Gasteiger partial charge in [0.1, 0.15) is 6.04 Å². The van der Waals surface area contributed by atoms with Crippen LogP contribution in [0.2, 0.25) is 0 Å². The summed E-state index contributed by atoms with van der Waals surface area (Å²) in [5, 5.41) is 12.6. The number of Topliss-reactive ketones (excluding diaryl/α,β-unsaturated/α-hetero) is 1. The van der Waals surface area contributed by atoms with Crippen LogP contribution in [-0.2, 0) is 38.3 Å². The van der Waals surface area contributed by atoms with Gasteiger partial charge >= 0.3 is 5.97 Å². The standard InChI is InChI=1S/C40H57N5O8.C6H12.C4H8.C2H6/c1-9-15-31(37(49)39(51)42-25-35(48)45-36(40(52)53-27(6)7)30-17-13-12-14-18-30)44-38(50)32(43-34(47)24-41-33(46)16-10-2)23-28(8)20-22-29(11-3)21-19-26(4)5;1-2-4-6-5-3-1;1-3-4-2;1-2/h11-14,17-22,27-28,31-32,36H,4,9-10,15-16,23-25H2,1-3,5-8H3,(H,41,46)(H,42,51)(H,43,47)(H,44,50)(H,45,48);1-6H2;3-4H,1-2H3;1-2H3/b21-19-,22-20+,29-11+;;4-3-;. The predicted molar refractivity (Wildman–Crippen MR) is 263 cm³/mol. The van der Waals surface area contributed by atoms with Gasteiger partial charge in [-0.3, -0.25) is 28.8 Å². The van der Waals surface area contributed by atoms with Gasteiger partial charge in [-0.15, -0.1) is 0 Å². The summed E-state index contributed by atoms with van der Waals surface area (Å²) in [5.74, 6) is -5.37. The summed E-state index contributed by atoms with van der Waals surface area (Å²) < 4.78 is 5.28. The maximum Gasteiger partial charge on any atom is 0.333 e. The van der Waals surface area contributed by atoms with Gasteiger partial charge < -0.3 is 31.3 Å². The fourth-order valence-corrected chi connectivity index (χ4v) is 5.92. The normalized spacial score (nSPS) is 14.1. The van der Waals surface area contributed by atoms with Crippen molar-refractivity contribution in [2.24, 2.45) is 5.92 Å². The minimum absolute atomic E-state index is 0.101. The van der Waals surface area contributed by atoms with E-state index < -0.39 is 66.2 Å². The number of amides is 5. The molecule has 0 radical (unpaired) electrons. The summed E-state index contributed by atoms with van der Waals surface area (Å²) in [6.45, 7) is 23.5. The molecule has 65 heavy (non-hydrogen) atoms. The third-order valence-corrected chi connectivity index (χ3v) is 9.40. The number of carbonyl (C=O) groups excluding carboxylic acids is 7. The molecule has 1 aliphatic rings. The number of esters is 1. The van der Waals surface area contributed by atoms with Crippen LogP contribution in [-0.4, -0.2) is 72.6 Å². The number of benzene rings is 1. The third-order valence-electron chi connectivity index (χ3n) is 9.40. The summed E-state index contributed by atoms with van der Waals surface area (Å²) in [5.41, 5.74) is 2.25. The summed E-state index contributed by atoms with van der Waals surface area (Å²) in [7, 11) is 0. The highest BCUT2D eigenvalue weighted by atomic mass is 16.5. The first kappa shape index (κ1) is 61.5. The third kappa shape index (κ3) is 31.0. The van der Waals surface area contributed by atoms with E-state index in [0.717, 1.165) is 11.1 Å². The van der Waals surface area contributed by atoms with Crippen molar-refractivity contribution < 1.29 is 38.3 Å². The van der Waals surface area contributed by atoms with Crippen molar-refractivity contribution in [1.82, 2.24) is 26.6 Å². The Morgan fingerprint density at radius 1 is 0.708 bits per heavy atom. The Balaban J connectivity index is 0. The van der Waals surface area contributed by atoms with Crippen LogP contribution in [0.3, 0.4) is 0 Å². The van der Waals surface area contributed by atoms with Crippen LogP contribution in [0, 0.1) is 5.92 Å². The molecule has 5 N–H and O–H groups in total. The molecule has 2 rings (SSSR count). The fourth-order valence-electron chi connectivity index (χ4n) is 5.92. The van der Waals surface area contributed by atoms with E-state index in [0.29, 0.717) is 18.4 Å². The largest absolute Gasteiger partial charge is 0.461 e. The maximum absolute atomic E-state index is 13.6. The van der Waals surface area contributed by atoms with Crippen LogP contribution in [0.15, 0.2) is 90.6 Å². The zero-order chi connectivity index (χ0) is 49.6. The number of ketones is 1. The number of rotatable bonds is 23. The quantitative estimate of drug-likeness (QED) is 0.0312. The molecule has 0 aromatic heterocycles. The van der Waals surface area contributed by atoms with Gasteiger partial charge in [-0.1, -0.05) is 165 Å². The molecule has 1 aromatic rings. The van der Waals surface area contributed by atoms with E-state index in [1.807, 2.05) is 97.9 Å².